The lowest BCUT2D eigenvalue weighted by Gasteiger charge is -2.08. The molecule has 5 heteroatoms. The third-order valence-corrected chi connectivity index (χ3v) is 2.00. The average Bonchev–Trinajstić information content (AvgIpc) is 2.26. The third kappa shape index (κ3) is 3.12. The molecule has 1 aromatic rings. The summed E-state index contributed by atoms with van der Waals surface area (Å²) in [5.74, 6) is 0.324. The Bertz CT molecular complexity index is 366. The highest BCUT2D eigenvalue weighted by molar-refractivity contribution is 5.57. The van der Waals surface area contributed by atoms with Crippen molar-refractivity contribution in [3.05, 3.63) is 28.3 Å². The van der Waals surface area contributed by atoms with Crippen molar-refractivity contribution in [2.24, 2.45) is 0 Å². The largest absolute Gasteiger partial charge is 0.487 e. The molecule has 0 aliphatic rings. The van der Waals surface area contributed by atoms with Gasteiger partial charge in [-0.2, -0.15) is 0 Å². The van der Waals surface area contributed by atoms with Crippen molar-refractivity contribution in [1.82, 2.24) is 0 Å². The van der Waals surface area contributed by atoms with Crippen LogP contribution in [0.15, 0.2) is 18.2 Å². The lowest BCUT2D eigenvalue weighted by molar-refractivity contribution is -0.385. The van der Waals surface area contributed by atoms with Gasteiger partial charge in [-0.05, 0) is 19.4 Å². The molecule has 0 fully saturated rings. The van der Waals surface area contributed by atoms with Gasteiger partial charge in [-0.15, -0.1) is 0 Å². The van der Waals surface area contributed by atoms with E-state index in [2.05, 4.69) is 5.32 Å². The Labute approximate surface area is 94.6 Å². The Morgan fingerprint density at radius 3 is 2.75 bits per heavy atom. The van der Waals surface area contributed by atoms with Crippen LogP contribution in [0.5, 0.6) is 5.75 Å². The van der Waals surface area contributed by atoms with E-state index in [9.17, 15) is 10.1 Å². The minimum absolute atomic E-state index is 0.00935. The van der Waals surface area contributed by atoms with Crippen LogP contribution in [-0.4, -0.2) is 18.1 Å². The maximum absolute atomic E-state index is 10.8. The monoisotopic (exact) mass is 224 g/mol. The van der Waals surface area contributed by atoms with Crippen molar-refractivity contribution in [1.29, 1.82) is 0 Å². The number of nitrogens with zero attached hydrogens (tertiary/aromatic N) is 1. The lowest BCUT2D eigenvalue weighted by atomic mass is 10.2. The van der Waals surface area contributed by atoms with E-state index in [0.29, 0.717) is 12.4 Å². The van der Waals surface area contributed by atoms with Crippen LogP contribution in [0.25, 0.3) is 0 Å². The smallest absolute Gasteiger partial charge is 0.311 e. The second-order valence-corrected chi connectivity index (χ2v) is 3.32. The van der Waals surface area contributed by atoms with Crippen LogP contribution in [0.1, 0.15) is 20.3 Å². The number of anilines is 1. The molecule has 0 saturated heterocycles. The van der Waals surface area contributed by atoms with Crippen LogP contribution in [0.3, 0.4) is 0 Å². The van der Waals surface area contributed by atoms with E-state index in [1.54, 1.807) is 12.1 Å². The van der Waals surface area contributed by atoms with E-state index >= 15 is 0 Å². The summed E-state index contributed by atoms with van der Waals surface area (Å²) in [7, 11) is 0. The highest BCUT2D eigenvalue weighted by Gasteiger charge is 2.15. The van der Waals surface area contributed by atoms with E-state index in [0.717, 1.165) is 18.7 Å². The van der Waals surface area contributed by atoms with Crippen LogP contribution < -0.4 is 10.1 Å². The highest BCUT2D eigenvalue weighted by Crippen LogP contribution is 2.30. The van der Waals surface area contributed by atoms with Crippen LogP contribution in [0.2, 0.25) is 0 Å². The van der Waals surface area contributed by atoms with Gasteiger partial charge in [-0.3, -0.25) is 10.1 Å². The molecule has 0 spiro atoms. The fourth-order valence-corrected chi connectivity index (χ4v) is 1.31. The number of hydrogen-bond donors (Lipinski definition) is 1. The summed E-state index contributed by atoms with van der Waals surface area (Å²) in [5.41, 5.74) is 0.842. The molecule has 1 aromatic carbocycles. The number of benzene rings is 1. The topological polar surface area (TPSA) is 64.4 Å². The Morgan fingerprint density at radius 2 is 2.19 bits per heavy atom. The standard InChI is InChI=1S/C11H16N2O3/c1-3-7-16-11-8-9(12-4-2)5-6-10(11)13(14)15/h5-6,8,12H,3-4,7H2,1-2H3. The molecule has 5 nitrogen and oxygen atoms in total. The summed E-state index contributed by atoms with van der Waals surface area (Å²) in [4.78, 5) is 10.3. The first-order valence-corrected chi connectivity index (χ1v) is 5.34. The molecule has 1 rings (SSSR count). The molecule has 0 aliphatic carbocycles. The van der Waals surface area contributed by atoms with Gasteiger partial charge in [0.15, 0.2) is 5.75 Å². The molecule has 0 aromatic heterocycles. The quantitative estimate of drug-likeness (QED) is 0.596. The Morgan fingerprint density at radius 1 is 1.44 bits per heavy atom. The molecule has 88 valence electrons. The fraction of sp³-hybridized carbons (Fsp3) is 0.455. The van der Waals surface area contributed by atoms with Crippen LogP contribution in [-0.2, 0) is 0 Å². The van der Waals surface area contributed by atoms with Gasteiger partial charge in [0.1, 0.15) is 0 Å². The van der Waals surface area contributed by atoms with Crippen molar-refractivity contribution in [3.63, 3.8) is 0 Å². The summed E-state index contributed by atoms with van der Waals surface area (Å²) in [5, 5.41) is 13.8. The number of rotatable bonds is 6. The zero-order chi connectivity index (χ0) is 12.0. The van der Waals surface area contributed by atoms with E-state index in [1.165, 1.54) is 6.07 Å². The van der Waals surface area contributed by atoms with Gasteiger partial charge in [0.05, 0.1) is 11.5 Å². The molecule has 1 N–H and O–H groups in total. The third-order valence-electron chi connectivity index (χ3n) is 2.00. The summed E-state index contributed by atoms with van der Waals surface area (Å²) in [6.45, 7) is 5.18. The molecule has 0 atom stereocenters. The van der Waals surface area contributed by atoms with E-state index in [4.69, 9.17) is 4.74 Å². The minimum Gasteiger partial charge on any atom is -0.487 e. The molecule has 0 bridgehead atoms. The lowest BCUT2D eigenvalue weighted by Crippen LogP contribution is -2.02. The first kappa shape index (κ1) is 12.3. The molecular weight excluding hydrogens is 208 g/mol. The van der Waals surface area contributed by atoms with Gasteiger partial charge in [-0.25, -0.2) is 0 Å². The number of ether oxygens (including phenoxy) is 1. The van der Waals surface area contributed by atoms with Gasteiger partial charge in [0.25, 0.3) is 0 Å². The average molecular weight is 224 g/mol. The first-order valence-electron chi connectivity index (χ1n) is 5.34. The van der Waals surface area contributed by atoms with Crippen molar-refractivity contribution < 1.29 is 9.66 Å². The highest BCUT2D eigenvalue weighted by atomic mass is 16.6. The van der Waals surface area contributed by atoms with Gasteiger partial charge in [0.2, 0.25) is 0 Å². The molecule has 0 saturated carbocycles. The Hall–Kier alpha value is -1.78. The summed E-state index contributed by atoms with van der Waals surface area (Å²) in [6, 6.07) is 4.81. The Kier molecular flexibility index (Phi) is 4.57. The van der Waals surface area contributed by atoms with Crippen molar-refractivity contribution >= 4 is 11.4 Å². The second kappa shape index (κ2) is 5.95. The van der Waals surface area contributed by atoms with E-state index < -0.39 is 4.92 Å². The van der Waals surface area contributed by atoms with Gasteiger partial charge in [0, 0.05) is 24.4 Å². The zero-order valence-electron chi connectivity index (χ0n) is 9.53. The SMILES string of the molecule is CCCOc1cc(NCC)ccc1[N+](=O)[O-]. The second-order valence-electron chi connectivity index (χ2n) is 3.32. The predicted octanol–water partition coefficient (Wildman–Crippen LogP) is 2.82. The molecular formula is C11H16N2O3. The van der Waals surface area contributed by atoms with Gasteiger partial charge < -0.3 is 10.1 Å². The zero-order valence-corrected chi connectivity index (χ0v) is 9.53. The maximum Gasteiger partial charge on any atom is 0.311 e. The molecule has 0 amide bonds. The summed E-state index contributed by atoms with van der Waals surface area (Å²) < 4.78 is 5.35. The number of hydrogen-bond acceptors (Lipinski definition) is 4. The maximum atomic E-state index is 10.8. The molecule has 0 unspecified atom stereocenters. The number of nitro groups is 1. The minimum atomic E-state index is -0.430. The van der Waals surface area contributed by atoms with Crippen LogP contribution in [0.4, 0.5) is 11.4 Å². The first-order chi connectivity index (χ1) is 7.69. The number of nitrogens with one attached hydrogen (secondary N) is 1. The van der Waals surface area contributed by atoms with E-state index in [-0.39, 0.29) is 5.69 Å². The van der Waals surface area contributed by atoms with Gasteiger partial charge >= 0.3 is 5.69 Å². The summed E-state index contributed by atoms with van der Waals surface area (Å²) >= 11 is 0. The summed E-state index contributed by atoms with van der Waals surface area (Å²) in [6.07, 6.45) is 0.822. The van der Waals surface area contributed by atoms with Crippen molar-refractivity contribution in [2.45, 2.75) is 20.3 Å². The molecule has 0 aliphatic heterocycles. The molecule has 16 heavy (non-hydrogen) atoms. The van der Waals surface area contributed by atoms with E-state index in [1.807, 2.05) is 13.8 Å². The number of nitro benzene ring substituents is 1. The van der Waals surface area contributed by atoms with Gasteiger partial charge in [-0.1, -0.05) is 6.92 Å². The Balaban J connectivity index is 2.95. The molecule has 0 heterocycles. The van der Waals surface area contributed by atoms with Crippen LogP contribution >= 0.6 is 0 Å². The fourth-order valence-electron chi connectivity index (χ4n) is 1.31. The predicted molar refractivity (Wildman–Crippen MR) is 63.0 cm³/mol. The van der Waals surface area contributed by atoms with Crippen molar-refractivity contribution in [2.75, 3.05) is 18.5 Å². The van der Waals surface area contributed by atoms with Crippen molar-refractivity contribution in [3.8, 4) is 5.75 Å². The molecule has 0 radical (unpaired) electrons. The normalized spacial score (nSPS) is 9.88. The van der Waals surface area contributed by atoms with Crippen LogP contribution in [0, 0.1) is 10.1 Å².